The van der Waals surface area contributed by atoms with Gasteiger partial charge in [0.15, 0.2) is 18.1 Å². The smallest absolute Gasteiger partial charge is 0.262 e. The number of ether oxygens (including phenoxy) is 3. The van der Waals surface area contributed by atoms with Crippen LogP contribution >= 0.6 is 11.8 Å². The van der Waals surface area contributed by atoms with Gasteiger partial charge in [-0.3, -0.25) is 4.79 Å². The molecule has 0 bridgehead atoms. The Morgan fingerprint density at radius 2 is 1.74 bits per heavy atom. The van der Waals surface area contributed by atoms with Crippen molar-refractivity contribution in [2.45, 2.75) is 9.79 Å². The summed E-state index contributed by atoms with van der Waals surface area (Å²) < 4.78 is 16.1. The number of fused-ring (bicyclic) bond motifs is 1. The van der Waals surface area contributed by atoms with Gasteiger partial charge in [-0.2, -0.15) is 0 Å². The molecule has 1 amide bonds. The van der Waals surface area contributed by atoms with E-state index < -0.39 is 0 Å². The molecule has 1 N–H and O–H groups in total. The van der Waals surface area contributed by atoms with Gasteiger partial charge in [-0.15, -0.1) is 0 Å². The lowest BCUT2D eigenvalue weighted by molar-refractivity contribution is -0.118. The predicted octanol–water partition coefficient (Wildman–Crippen LogP) is 4.58. The van der Waals surface area contributed by atoms with Crippen LogP contribution < -0.4 is 19.5 Å². The molecule has 0 saturated heterocycles. The second-order valence-electron chi connectivity index (χ2n) is 5.76. The Morgan fingerprint density at radius 3 is 2.63 bits per heavy atom. The van der Waals surface area contributed by atoms with Crippen molar-refractivity contribution in [2.24, 2.45) is 0 Å². The normalized spacial score (nSPS) is 11.9. The quantitative estimate of drug-likeness (QED) is 0.679. The van der Waals surface area contributed by atoms with E-state index in [2.05, 4.69) is 5.32 Å². The highest BCUT2D eigenvalue weighted by Crippen LogP contribution is 2.35. The number of rotatable bonds is 6. The third-order valence-electron chi connectivity index (χ3n) is 3.85. The number of hydrogen-bond acceptors (Lipinski definition) is 5. The number of anilines is 1. The van der Waals surface area contributed by atoms with Crippen molar-refractivity contribution in [1.29, 1.82) is 0 Å². The maximum Gasteiger partial charge on any atom is 0.262 e. The molecule has 136 valence electrons. The molecule has 0 aliphatic carbocycles. The highest BCUT2D eigenvalue weighted by Gasteiger charge is 2.14. The molecule has 0 atom stereocenters. The summed E-state index contributed by atoms with van der Waals surface area (Å²) in [5, 5.41) is 2.91. The second-order valence-corrected chi connectivity index (χ2v) is 6.88. The molecule has 1 aliphatic rings. The molecule has 1 aliphatic heterocycles. The van der Waals surface area contributed by atoms with Crippen LogP contribution in [0.3, 0.4) is 0 Å². The van der Waals surface area contributed by atoms with Gasteiger partial charge < -0.3 is 19.5 Å². The maximum atomic E-state index is 12.3. The zero-order valence-electron chi connectivity index (χ0n) is 14.4. The lowest BCUT2D eigenvalue weighted by Gasteiger charge is -2.11. The molecule has 5 nitrogen and oxygen atoms in total. The molecule has 6 heteroatoms. The summed E-state index contributed by atoms with van der Waals surface area (Å²) in [6.07, 6.45) is 0. The number of carbonyl (C=O) groups excluding carboxylic acids is 1. The largest absolute Gasteiger partial charge is 0.484 e. The number of carbonyl (C=O) groups is 1. The lowest BCUT2D eigenvalue weighted by atomic mass is 10.3. The van der Waals surface area contributed by atoms with E-state index in [-0.39, 0.29) is 19.3 Å². The highest BCUT2D eigenvalue weighted by atomic mass is 32.2. The Morgan fingerprint density at radius 1 is 0.963 bits per heavy atom. The summed E-state index contributed by atoms with van der Waals surface area (Å²) in [7, 11) is 0. The van der Waals surface area contributed by atoms with Crippen molar-refractivity contribution >= 4 is 23.4 Å². The first kappa shape index (κ1) is 17.3. The number of nitrogens with one attached hydrogen (secondary N) is 1. The standard InChI is InChI=1S/C21H17NO4S/c23-21(13-24-15-10-11-18-19(12-15)26-14-25-18)22-17-8-4-5-9-20(17)27-16-6-2-1-3-7-16/h1-12H,13-14H2,(H,22,23). The van der Waals surface area contributed by atoms with E-state index in [4.69, 9.17) is 14.2 Å². The van der Waals surface area contributed by atoms with E-state index in [1.54, 1.807) is 30.0 Å². The molecule has 0 spiro atoms. The van der Waals surface area contributed by atoms with Crippen molar-refractivity contribution in [2.75, 3.05) is 18.7 Å². The van der Waals surface area contributed by atoms with Crippen LogP contribution in [0.5, 0.6) is 17.2 Å². The minimum atomic E-state index is -0.228. The van der Waals surface area contributed by atoms with Crippen LogP contribution in [0.15, 0.2) is 82.6 Å². The van der Waals surface area contributed by atoms with Crippen molar-refractivity contribution in [3.63, 3.8) is 0 Å². The van der Waals surface area contributed by atoms with Gasteiger partial charge in [0.2, 0.25) is 6.79 Å². The van der Waals surface area contributed by atoms with Gasteiger partial charge in [0, 0.05) is 15.9 Å². The number of hydrogen-bond donors (Lipinski definition) is 1. The summed E-state index contributed by atoms with van der Waals surface area (Å²) in [5.41, 5.74) is 0.755. The average molecular weight is 379 g/mol. The second kappa shape index (κ2) is 8.05. The molecule has 0 saturated carbocycles. The first-order chi connectivity index (χ1) is 13.3. The van der Waals surface area contributed by atoms with E-state index in [0.29, 0.717) is 17.2 Å². The SMILES string of the molecule is O=C(COc1ccc2c(c1)OCO2)Nc1ccccc1Sc1ccccc1. The summed E-state index contributed by atoms with van der Waals surface area (Å²) in [5.74, 6) is 1.63. The van der Waals surface area contributed by atoms with Crippen molar-refractivity contribution in [1.82, 2.24) is 0 Å². The van der Waals surface area contributed by atoms with Gasteiger partial charge in [0.25, 0.3) is 5.91 Å². The van der Waals surface area contributed by atoms with Crippen LogP contribution in [0.4, 0.5) is 5.69 Å². The highest BCUT2D eigenvalue weighted by molar-refractivity contribution is 7.99. The predicted molar refractivity (Wildman–Crippen MR) is 104 cm³/mol. The van der Waals surface area contributed by atoms with Gasteiger partial charge in [-0.1, -0.05) is 42.1 Å². The fraction of sp³-hybridized carbons (Fsp3) is 0.0952. The fourth-order valence-electron chi connectivity index (χ4n) is 2.58. The minimum absolute atomic E-state index is 0.0933. The topological polar surface area (TPSA) is 56.8 Å². The molecular weight excluding hydrogens is 362 g/mol. The molecular formula is C21H17NO4S. The zero-order chi connectivity index (χ0) is 18.5. The Balaban J connectivity index is 1.38. The zero-order valence-corrected chi connectivity index (χ0v) is 15.2. The summed E-state index contributed by atoms with van der Waals surface area (Å²) >= 11 is 1.60. The Hall–Kier alpha value is -3.12. The number of benzene rings is 3. The van der Waals surface area contributed by atoms with E-state index in [9.17, 15) is 4.79 Å². The fourth-order valence-corrected chi connectivity index (χ4v) is 3.50. The molecule has 0 radical (unpaired) electrons. The first-order valence-corrected chi connectivity index (χ1v) is 9.24. The first-order valence-electron chi connectivity index (χ1n) is 8.42. The van der Waals surface area contributed by atoms with E-state index in [1.807, 2.05) is 54.6 Å². The van der Waals surface area contributed by atoms with Gasteiger partial charge in [-0.05, 0) is 36.4 Å². The van der Waals surface area contributed by atoms with Gasteiger partial charge in [0.05, 0.1) is 5.69 Å². The molecule has 1 heterocycles. The van der Waals surface area contributed by atoms with Crippen LogP contribution in [0, 0.1) is 0 Å². The molecule has 3 aromatic carbocycles. The van der Waals surface area contributed by atoms with Crippen molar-refractivity contribution in [3.8, 4) is 17.2 Å². The number of amides is 1. The summed E-state index contributed by atoms with van der Waals surface area (Å²) in [6, 6.07) is 23.0. The molecule has 0 unspecified atom stereocenters. The number of para-hydroxylation sites is 1. The Bertz CT molecular complexity index is 946. The van der Waals surface area contributed by atoms with Crippen LogP contribution in [-0.4, -0.2) is 19.3 Å². The summed E-state index contributed by atoms with van der Waals surface area (Å²) in [6.45, 7) is 0.110. The maximum absolute atomic E-state index is 12.3. The van der Waals surface area contributed by atoms with Crippen LogP contribution in [0.2, 0.25) is 0 Å². The Kier molecular flexibility index (Phi) is 5.16. The van der Waals surface area contributed by atoms with Crippen LogP contribution in [0.1, 0.15) is 0 Å². The Labute approximate surface area is 161 Å². The van der Waals surface area contributed by atoms with Gasteiger partial charge in [-0.25, -0.2) is 0 Å². The third-order valence-corrected chi connectivity index (χ3v) is 4.93. The van der Waals surface area contributed by atoms with Crippen molar-refractivity contribution < 1.29 is 19.0 Å². The van der Waals surface area contributed by atoms with Gasteiger partial charge in [0.1, 0.15) is 5.75 Å². The van der Waals surface area contributed by atoms with E-state index in [0.717, 1.165) is 15.5 Å². The van der Waals surface area contributed by atoms with E-state index >= 15 is 0 Å². The molecule has 27 heavy (non-hydrogen) atoms. The average Bonchev–Trinajstić information content (AvgIpc) is 3.17. The minimum Gasteiger partial charge on any atom is -0.484 e. The summed E-state index contributed by atoms with van der Waals surface area (Å²) in [4.78, 5) is 14.4. The van der Waals surface area contributed by atoms with Crippen molar-refractivity contribution in [3.05, 3.63) is 72.8 Å². The van der Waals surface area contributed by atoms with Gasteiger partial charge >= 0.3 is 0 Å². The van der Waals surface area contributed by atoms with Crippen LogP contribution in [0.25, 0.3) is 0 Å². The molecule has 0 fully saturated rings. The third kappa shape index (κ3) is 4.35. The van der Waals surface area contributed by atoms with E-state index in [1.165, 1.54) is 0 Å². The molecule has 3 aromatic rings. The molecule has 4 rings (SSSR count). The monoisotopic (exact) mass is 379 g/mol. The van der Waals surface area contributed by atoms with Crippen LogP contribution in [-0.2, 0) is 4.79 Å². The lowest BCUT2D eigenvalue weighted by Crippen LogP contribution is -2.20. The molecule has 0 aromatic heterocycles.